The van der Waals surface area contributed by atoms with Crippen LogP contribution in [-0.2, 0) is 14.3 Å². The van der Waals surface area contributed by atoms with E-state index in [1.165, 1.54) is 6.26 Å². The highest BCUT2D eigenvalue weighted by Crippen LogP contribution is 2.28. The van der Waals surface area contributed by atoms with Crippen LogP contribution in [0.4, 0.5) is 4.79 Å². The third-order valence-corrected chi connectivity index (χ3v) is 4.68. The molecule has 27 heavy (non-hydrogen) atoms. The molecule has 0 spiro atoms. The maximum absolute atomic E-state index is 12.6. The molecule has 3 amide bonds. The van der Waals surface area contributed by atoms with Crippen LogP contribution in [0.2, 0.25) is 0 Å². The van der Waals surface area contributed by atoms with Crippen LogP contribution in [0.1, 0.15) is 25.6 Å². The Kier molecular flexibility index (Phi) is 5.80. The van der Waals surface area contributed by atoms with Gasteiger partial charge in [-0.05, 0) is 19.1 Å². The summed E-state index contributed by atoms with van der Waals surface area (Å²) in [5.74, 6) is 0.0182. The lowest BCUT2D eigenvalue weighted by Crippen LogP contribution is -2.52. The summed E-state index contributed by atoms with van der Waals surface area (Å²) in [4.78, 5) is 40.2. The summed E-state index contributed by atoms with van der Waals surface area (Å²) in [6.45, 7) is 6.45. The van der Waals surface area contributed by atoms with Gasteiger partial charge in [-0.1, -0.05) is 0 Å². The van der Waals surface area contributed by atoms with Gasteiger partial charge in [0.05, 0.1) is 18.4 Å². The Bertz CT molecular complexity index is 735. The lowest BCUT2D eigenvalue weighted by atomic mass is 9.99. The number of urea groups is 1. The van der Waals surface area contributed by atoms with Crippen LogP contribution in [0.25, 0.3) is 0 Å². The third kappa shape index (κ3) is 4.30. The number of hydrogen-bond donors (Lipinski definition) is 2. The minimum Gasteiger partial charge on any atom is -0.467 e. The predicted octanol–water partition coefficient (Wildman–Crippen LogP) is 0.615. The van der Waals surface area contributed by atoms with Gasteiger partial charge in [0.15, 0.2) is 0 Å². The van der Waals surface area contributed by atoms with Gasteiger partial charge in [0.1, 0.15) is 11.8 Å². The van der Waals surface area contributed by atoms with Crippen molar-refractivity contribution in [2.75, 3.05) is 39.3 Å². The molecule has 1 fully saturated rings. The van der Waals surface area contributed by atoms with Gasteiger partial charge in [-0.3, -0.25) is 9.69 Å². The van der Waals surface area contributed by atoms with Crippen molar-refractivity contribution in [2.24, 2.45) is 0 Å². The molecule has 1 saturated heterocycles. The molecule has 0 aliphatic carbocycles. The summed E-state index contributed by atoms with van der Waals surface area (Å²) in [5, 5.41) is 5.47. The molecule has 1 aromatic heterocycles. The van der Waals surface area contributed by atoms with Gasteiger partial charge in [-0.2, -0.15) is 0 Å². The summed E-state index contributed by atoms with van der Waals surface area (Å²) < 4.78 is 10.6. The van der Waals surface area contributed by atoms with Gasteiger partial charge in [0, 0.05) is 45.3 Å². The molecule has 9 nitrogen and oxygen atoms in total. The second kappa shape index (κ2) is 8.26. The van der Waals surface area contributed by atoms with Crippen molar-refractivity contribution < 1.29 is 23.5 Å². The molecular formula is C18H24N4O5. The van der Waals surface area contributed by atoms with Gasteiger partial charge < -0.3 is 24.7 Å². The number of furan rings is 1. The van der Waals surface area contributed by atoms with Crippen LogP contribution >= 0.6 is 0 Å². The molecular weight excluding hydrogens is 352 g/mol. The highest BCUT2D eigenvalue weighted by Gasteiger charge is 2.36. The van der Waals surface area contributed by atoms with Crippen LogP contribution in [0, 0.1) is 0 Å². The monoisotopic (exact) mass is 376 g/mol. The molecule has 2 N–H and O–H groups in total. The number of hydrogen-bond acceptors (Lipinski definition) is 6. The van der Waals surface area contributed by atoms with E-state index >= 15 is 0 Å². The number of rotatable bonds is 5. The number of nitrogens with one attached hydrogen (secondary N) is 2. The van der Waals surface area contributed by atoms with E-state index in [1.807, 2.05) is 0 Å². The van der Waals surface area contributed by atoms with E-state index in [0.29, 0.717) is 49.8 Å². The molecule has 9 heteroatoms. The quantitative estimate of drug-likeness (QED) is 0.730. The first kappa shape index (κ1) is 19.0. The molecule has 0 radical (unpaired) electrons. The Morgan fingerprint density at radius 2 is 2.04 bits per heavy atom. The molecule has 0 unspecified atom stereocenters. The average molecular weight is 376 g/mol. The van der Waals surface area contributed by atoms with Crippen LogP contribution in [-0.4, -0.2) is 67.0 Å². The molecule has 2 aliphatic rings. The second-order valence-electron chi connectivity index (χ2n) is 6.44. The zero-order chi connectivity index (χ0) is 19.4. The predicted molar refractivity (Wildman–Crippen MR) is 95.5 cm³/mol. The normalized spacial score (nSPS) is 20.9. The van der Waals surface area contributed by atoms with E-state index in [1.54, 1.807) is 30.9 Å². The molecule has 0 bridgehead atoms. The van der Waals surface area contributed by atoms with E-state index in [2.05, 4.69) is 15.5 Å². The highest BCUT2D eigenvalue weighted by atomic mass is 16.5. The Hall–Kier alpha value is -2.81. The Morgan fingerprint density at radius 3 is 2.63 bits per heavy atom. The van der Waals surface area contributed by atoms with Crippen molar-refractivity contribution in [3.8, 4) is 0 Å². The van der Waals surface area contributed by atoms with Crippen molar-refractivity contribution in [1.82, 2.24) is 20.4 Å². The average Bonchev–Trinajstić information content (AvgIpc) is 3.16. The first-order chi connectivity index (χ1) is 13.0. The number of nitrogens with zero attached hydrogens (tertiary/aromatic N) is 2. The molecule has 0 aromatic carbocycles. The Balaban J connectivity index is 1.85. The lowest BCUT2D eigenvalue weighted by molar-refractivity contribution is -0.139. The van der Waals surface area contributed by atoms with E-state index in [-0.39, 0.29) is 12.5 Å². The number of esters is 1. The smallest absolute Gasteiger partial charge is 0.338 e. The standard InChI is InChI=1S/C18H24N4O5/c1-3-26-17(24)15-13(11-21-6-8-22(9-7-21)12(2)23)19-18(25)20-16(15)14-5-4-10-27-14/h4-5,10,16H,3,6-9,11H2,1-2H3,(H2,19,20,25)/t16-/m1/s1. The van der Waals surface area contributed by atoms with E-state index in [0.717, 1.165) is 0 Å². The second-order valence-corrected chi connectivity index (χ2v) is 6.44. The molecule has 1 aromatic rings. The Labute approximate surface area is 157 Å². The fourth-order valence-corrected chi connectivity index (χ4v) is 3.31. The first-order valence-electron chi connectivity index (χ1n) is 8.98. The lowest BCUT2D eigenvalue weighted by Gasteiger charge is -2.36. The van der Waals surface area contributed by atoms with E-state index in [4.69, 9.17) is 9.15 Å². The van der Waals surface area contributed by atoms with Crippen LogP contribution < -0.4 is 10.6 Å². The van der Waals surface area contributed by atoms with Crippen LogP contribution in [0.15, 0.2) is 34.1 Å². The summed E-state index contributed by atoms with van der Waals surface area (Å²) in [6, 6.07) is 2.30. The summed E-state index contributed by atoms with van der Waals surface area (Å²) in [5.41, 5.74) is 0.829. The summed E-state index contributed by atoms with van der Waals surface area (Å²) >= 11 is 0. The zero-order valence-electron chi connectivity index (χ0n) is 15.5. The van der Waals surface area contributed by atoms with Crippen molar-refractivity contribution in [3.05, 3.63) is 35.4 Å². The zero-order valence-corrected chi connectivity index (χ0v) is 15.5. The van der Waals surface area contributed by atoms with Crippen molar-refractivity contribution in [2.45, 2.75) is 19.9 Å². The van der Waals surface area contributed by atoms with E-state index in [9.17, 15) is 14.4 Å². The van der Waals surface area contributed by atoms with Gasteiger partial charge in [-0.25, -0.2) is 9.59 Å². The van der Waals surface area contributed by atoms with Crippen LogP contribution in [0.5, 0.6) is 0 Å². The minimum atomic E-state index is -0.707. The summed E-state index contributed by atoms with van der Waals surface area (Å²) in [7, 11) is 0. The molecule has 0 saturated carbocycles. The molecule has 2 aliphatic heterocycles. The van der Waals surface area contributed by atoms with Gasteiger partial charge in [0.2, 0.25) is 5.91 Å². The number of ether oxygens (including phenoxy) is 1. The van der Waals surface area contributed by atoms with Crippen molar-refractivity contribution >= 4 is 17.9 Å². The molecule has 3 rings (SSSR count). The SMILES string of the molecule is CCOC(=O)C1=C(CN2CCN(C(C)=O)CC2)NC(=O)N[C@@H]1c1ccco1. The summed E-state index contributed by atoms with van der Waals surface area (Å²) in [6.07, 6.45) is 1.49. The van der Waals surface area contributed by atoms with Crippen LogP contribution in [0.3, 0.4) is 0 Å². The van der Waals surface area contributed by atoms with Gasteiger partial charge in [0.25, 0.3) is 0 Å². The Morgan fingerprint density at radius 1 is 1.30 bits per heavy atom. The van der Waals surface area contributed by atoms with Crippen molar-refractivity contribution in [3.63, 3.8) is 0 Å². The molecule has 1 atom stereocenters. The number of amides is 3. The van der Waals surface area contributed by atoms with Gasteiger partial charge >= 0.3 is 12.0 Å². The van der Waals surface area contributed by atoms with Gasteiger partial charge in [-0.15, -0.1) is 0 Å². The number of carbonyl (C=O) groups is 3. The topological polar surface area (TPSA) is 104 Å². The van der Waals surface area contributed by atoms with Crippen molar-refractivity contribution in [1.29, 1.82) is 0 Å². The minimum absolute atomic E-state index is 0.0501. The molecule has 146 valence electrons. The maximum Gasteiger partial charge on any atom is 0.338 e. The maximum atomic E-state index is 12.6. The number of piperazine rings is 1. The largest absolute Gasteiger partial charge is 0.467 e. The third-order valence-electron chi connectivity index (χ3n) is 4.68. The highest BCUT2D eigenvalue weighted by molar-refractivity contribution is 5.95. The molecule has 3 heterocycles. The number of carbonyl (C=O) groups excluding carboxylic acids is 3. The first-order valence-corrected chi connectivity index (χ1v) is 8.98. The van der Waals surface area contributed by atoms with E-state index < -0.39 is 18.0 Å². The fourth-order valence-electron chi connectivity index (χ4n) is 3.31. The fraction of sp³-hybridized carbons (Fsp3) is 0.500.